The normalized spacial score (nSPS) is 10.1. The Bertz CT molecular complexity index is 1120. The van der Waals surface area contributed by atoms with Crippen LogP contribution < -0.4 is 5.46 Å². The Hall–Kier alpha value is -3.59. The topological polar surface area (TPSA) is 101 Å². The van der Waals surface area contributed by atoms with E-state index in [1.807, 2.05) is 0 Å². The fraction of sp³-hybridized carbons (Fsp3) is 0. The zero-order valence-electron chi connectivity index (χ0n) is 13.7. The lowest BCUT2D eigenvalue weighted by Gasteiger charge is -2.12. The Morgan fingerprint density at radius 3 is 2.15 bits per heavy atom. The molecule has 0 spiro atoms. The number of pyridine rings is 1. The fourth-order valence-electron chi connectivity index (χ4n) is 2.71. The maximum absolute atomic E-state index is 14.7. The Labute approximate surface area is 153 Å². The number of hydrogen-bond donors (Lipinski definition) is 2. The van der Waals surface area contributed by atoms with Crippen LogP contribution in [-0.4, -0.2) is 22.2 Å². The average Bonchev–Trinajstić information content (AvgIpc) is 2.67. The molecule has 1 heterocycles. The van der Waals surface area contributed by atoms with Gasteiger partial charge < -0.3 is 10.0 Å². The van der Waals surface area contributed by atoms with Gasteiger partial charge in [-0.2, -0.15) is 10.5 Å². The molecule has 5 nitrogen and oxygen atoms in total. The SMILES string of the molecule is N#Cc1ccc(-c2cncc(-c3c(B(O)O)ccc(C#N)c3F)c2)cc1F. The molecule has 0 aliphatic heterocycles. The van der Waals surface area contributed by atoms with E-state index in [1.165, 1.54) is 36.7 Å². The second-order valence-corrected chi connectivity index (χ2v) is 5.65. The Balaban J connectivity index is 2.19. The van der Waals surface area contributed by atoms with E-state index in [-0.39, 0.29) is 27.7 Å². The standard InChI is InChI=1S/C19H10BF2N3O2/c21-17-6-11(1-2-12(17)7-23)14-5-15(10-25-9-14)18-16(20(26)27)4-3-13(8-24)19(18)22/h1-6,9-10,26-27H. The third-order valence-electron chi connectivity index (χ3n) is 4.02. The first-order valence-corrected chi connectivity index (χ1v) is 7.70. The molecule has 0 fully saturated rings. The largest absolute Gasteiger partial charge is 0.489 e. The predicted octanol–water partition coefficient (Wildman–Crippen LogP) is 2.12. The van der Waals surface area contributed by atoms with Gasteiger partial charge >= 0.3 is 7.12 Å². The summed E-state index contributed by atoms with van der Waals surface area (Å²) >= 11 is 0. The maximum atomic E-state index is 14.7. The summed E-state index contributed by atoms with van der Waals surface area (Å²) < 4.78 is 28.6. The van der Waals surface area contributed by atoms with Gasteiger partial charge in [0.15, 0.2) is 0 Å². The summed E-state index contributed by atoms with van der Waals surface area (Å²) in [6.45, 7) is 0. The lowest BCUT2D eigenvalue weighted by atomic mass is 9.74. The van der Waals surface area contributed by atoms with Crippen LogP contribution in [0.25, 0.3) is 22.3 Å². The van der Waals surface area contributed by atoms with Crippen LogP contribution >= 0.6 is 0 Å². The van der Waals surface area contributed by atoms with E-state index >= 15 is 0 Å². The molecule has 2 aromatic carbocycles. The van der Waals surface area contributed by atoms with Gasteiger partial charge in [-0.15, -0.1) is 0 Å². The number of aromatic nitrogens is 1. The summed E-state index contributed by atoms with van der Waals surface area (Å²) in [6, 6.07) is 11.3. The molecule has 0 aliphatic rings. The molecule has 3 aromatic rings. The van der Waals surface area contributed by atoms with E-state index < -0.39 is 18.8 Å². The molecule has 3 rings (SSSR count). The highest BCUT2D eigenvalue weighted by Gasteiger charge is 2.23. The molecule has 8 heteroatoms. The molecule has 27 heavy (non-hydrogen) atoms. The molecule has 0 saturated carbocycles. The smallest absolute Gasteiger partial charge is 0.423 e. The molecule has 130 valence electrons. The summed E-state index contributed by atoms with van der Waals surface area (Å²) in [7, 11) is -1.96. The van der Waals surface area contributed by atoms with Gasteiger partial charge in [-0.3, -0.25) is 4.98 Å². The number of benzene rings is 2. The highest BCUT2D eigenvalue weighted by Crippen LogP contribution is 2.28. The summed E-state index contributed by atoms with van der Waals surface area (Å²) in [5.74, 6) is -1.61. The van der Waals surface area contributed by atoms with Crippen LogP contribution in [0.4, 0.5) is 8.78 Å². The first-order valence-electron chi connectivity index (χ1n) is 7.70. The lowest BCUT2D eigenvalue weighted by Crippen LogP contribution is -2.32. The minimum absolute atomic E-state index is 0.110. The molecule has 2 N–H and O–H groups in total. The Morgan fingerprint density at radius 1 is 0.852 bits per heavy atom. The summed E-state index contributed by atoms with van der Waals surface area (Å²) in [5, 5.41) is 36.9. The number of halogens is 2. The minimum atomic E-state index is -1.96. The highest BCUT2D eigenvalue weighted by atomic mass is 19.1. The summed E-state index contributed by atoms with van der Waals surface area (Å²) in [6.07, 6.45) is 2.72. The molecule has 0 radical (unpaired) electrons. The van der Waals surface area contributed by atoms with Crippen LogP contribution in [0.5, 0.6) is 0 Å². The van der Waals surface area contributed by atoms with E-state index in [1.54, 1.807) is 12.1 Å². The molecule has 0 amide bonds. The molecular weight excluding hydrogens is 351 g/mol. The maximum Gasteiger partial charge on any atom is 0.489 e. The van der Waals surface area contributed by atoms with Crippen LogP contribution in [0.3, 0.4) is 0 Å². The van der Waals surface area contributed by atoms with Crippen molar-refractivity contribution in [2.75, 3.05) is 0 Å². The monoisotopic (exact) mass is 361 g/mol. The van der Waals surface area contributed by atoms with Crippen molar-refractivity contribution in [3.8, 4) is 34.4 Å². The number of nitrogens with zero attached hydrogens (tertiary/aromatic N) is 3. The molecule has 0 unspecified atom stereocenters. The quantitative estimate of drug-likeness (QED) is 0.696. The van der Waals surface area contributed by atoms with E-state index in [4.69, 9.17) is 10.5 Å². The van der Waals surface area contributed by atoms with Crippen molar-refractivity contribution in [3.63, 3.8) is 0 Å². The van der Waals surface area contributed by atoms with Crippen molar-refractivity contribution in [3.05, 3.63) is 71.6 Å². The van der Waals surface area contributed by atoms with Crippen molar-refractivity contribution in [1.82, 2.24) is 4.98 Å². The highest BCUT2D eigenvalue weighted by molar-refractivity contribution is 6.60. The summed E-state index contributed by atoms with van der Waals surface area (Å²) in [5.41, 5.74) is 0.351. The fourth-order valence-corrected chi connectivity index (χ4v) is 2.71. The first kappa shape index (κ1) is 18.2. The second-order valence-electron chi connectivity index (χ2n) is 5.65. The number of nitriles is 2. The first-order chi connectivity index (χ1) is 13.0. The predicted molar refractivity (Wildman–Crippen MR) is 94.3 cm³/mol. The van der Waals surface area contributed by atoms with Gasteiger partial charge in [-0.05, 0) is 35.3 Å². The number of hydrogen-bond acceptors (Lipinski definition) is 5. The lowest BCUT2D eigenvalue weighted by molar-refractivity contribution is 0.425. The molecular formula is C19H10BF2N3O2. The van der Waals surface area contributed by atoms with Crippen LogP contribution in [0.2, 0.25) is 0 Å². The molecule has 1 aromatic heterocycles. The second kappa shape index (κ2) is 7.34. The molecule has 0 saturated heterocycles. The van der Waals surface area contributed by atoms with E-state index in [0.717, 1.165) is 12.1 Å². The molecule has 0 atom stereocenters. The summed E-state index contributed by atoms with van der Waals surface area (Å²) in [4.78, 5) is 4.01. The van der Waals surface area contributed by atoms with Crippen LogP contribution in [-0.2, 0) is 0 Å². The average molecular weight is 361 g/mol. The van der Waals surface area contributed by atoms with Gasteiger partial charge in [0.25, 0.3) is 0 Å². The minimum Gasteiger partial charge on any atom is -0.423 e. The van der Waals surface area contributed by atoms with Crippen molar-refractivity contribution in [1.29, 1.82) is 10.5 Å². The van der Waals surface area contributed by atoms with E-state index in [0.29, 0.717) is 11.1 Å². The Kier molecular flexibility index (Phi) is 4.95. The van der Waals surface area contributed by atoms with Crippen LogP contribution in [0.1, 0.15) is 11.1 Å². The van der Waals surface area contributed by atoms with Crippen molar-refractivity contribution in [2.45, 2.75) is 0 Å². The van der Waals surface area contributed by atoms with Crippen LogP contribution in [0, 0.1) is 34.3 Å². The third-order valence-corrected chi connectivity index (χ3v) is 4.02. The zero-order valence-corrected chi connectivity index (χ0v) is 13.7. The van der Waals surface area contributed by atoms with E-state index in [2.05, 4.69) is 4.98 Å². The number of rotatable bonds is 3. The molecule has 0 bridgehead atoms. The molecule has 0 aliphatic carbocycles. The van der Waals surface area contributed by atoms with Crippen molar-refractivity contribution in [2.24, 2.45) is 0 Å². The van der Waals surface area contributed by atoms with Gasteiger partial charge in [0, 0.05) is 29.1 Å². The van der Waals surface area contributed by atoms with Crippen LogP contribution in [0.15, 0.2) is 48.8 Å². The van der Waals surface area contributed by atoms with Crippen molar-refractivity contribution >= 4 is 12.6 Å². The van der Waals surface area contributed by atoms with Gasteiger partial charge in [-0.1, -0.05) is 12.1 Å². The third kappa shape index (κ3) is 3.40. The van der Waals surface area contributed by atoms with Gasteiger partial charge in [0.2, 0.25) is 0 Å². The van der Waals surface area contributed by atoms with E-state index in [9.17, 15) is 18.8 Å². The van der Waals surface area contributed by atoms with Gasteiger partial charge in [0.05, 0.1) is 11.1 Å². The van der Waals surface area contributed by atoms with Gasteiger partial charge in [0.1, 0.15) is 23.8 Å². The zero-order chi connectivity index (χ0) is 19.6. The van der Waals surface area contributed by atoms with Gasteiger partial charge in [-0.25, -0.2) is 8.78 Å². The van der Waals surface area contributed by atoms with Crippen molar-refractivity contribution < 1.29 is 18.8 Å². The Morgan fingerprint density at radius 2 is 1.52 bits per heavy atom.